The summed E-state index contributed by atoms with van der Waals surface area (Å²) in [5.41, 5.74) is 5.18. The molecule has 0 rings (SSSR count). The van der Waals surface area contributed by atoms with Crippen LogP contribution in [0.15, 0.2) is 12.7 Å². The highest BCUT2D eigenvalue weighted by molar-refractivity contribution is 5.81. The number of esters is 1. The fraction of sp³-hybridized carbons (Fsp3) is 0.727. The Bertz CT molecular complexity index is 192. The molecule has 0 aliphatic heterocycles. The van der Waals surface area contributed by atoms with Gasteiger partial charge < -0.3 is 4.74 Å². The van der Waals surface area contributed by atoms with E-state index in [0.29, 0.717) is 6.42 Å². The van der Waals surface area contributed by atoms with Gasteiger partial charge in [-0.3, -0.25) is 5.73 Å². The first-order valence-electron chi connectivity index (χ1n) is 5.22. The van der Waals surface area contributed by atoms with Gasteiger partial charge in [0.15, 0.2) is 5.72 Å². The molecule has 0 spiro atoms. The largest absolute Gasteiger partial charge is 0.441 e. The topological polar surface area (TPSA) is 52.3 Å². The van der Waals surface area contributed by atoms with E-state index in [0.717, 1.165) is 31.8 Å². The number of nitrogens with two attached hydrogens (primary N) is 1. The summed E-state index contributed by atoms with van der Waals surface area (Å²) in [6.07, 6.45) is 5.51. The third kappa shape index (κ3) is 5.02. The summed E-state index contributed by atoms with van der Waals surface area (Å²) in [4.78, 5) is 11.0. The van der Waals surface area contributed by atoms with Gasteiger partial charge in [0.05, 0.1) is 0 Å². The van der Waals surface area contributed by atoms with Crippen molar-refractivity contribution in [2.75, 3.05) is 0 Å². The van der Waals surface area contributed by atoms with E-state index in [4.69, 9.17) is 10.5 Å². The average molecular weight is 199 g/mol. The molecule has 0 radical (unpaired) electrons. The highest BCUT2D eigenvalue weighted by atomic mass is 16.6. The molecule has 0 heterocycles. The van der Waals surface area contributed by atoms with Gasteiger partial charge in [-0.1, -0.05) is 33.3 Å². The Morgan fingerprint density at radius 1 is 1.43 bits per heavy atom. The number of unbranched alkanes of at least 4 members (excludes halogenated alkanes) is 1. The van der Waals surface area contributed by atoms with Gasteiger partial charge in [-0.05, 0) is 6.42 Å². The fourth-order valence-corrected chi connectivity index (χ4v) is 1.37. The second-order valence-corrected chi connectivity index (χ2v) is 3.54. The van der Waals surface area contributed by atoms with Crippen LogP contribution in [0.5, 0.6) is 0 Å². The number of hydrogen-bond donors (Lipinski definition) is 1. The normalized spacial score (nSPS) is 14.5. The summed E-state index contributed by atoms with van der Waals surface area (Å²) < 4.78 is 5.15. The van der Waals surface area contributed by atoms with E-state index in [-0.39, 0.29) is 0 Å². The molecule has 1 atom stereocenters. The lowest BCUT2D eigenvalue weighted by molar-refractivity contribution is -0.154. The van der Waals surface area contributed by atoms with Crippen LogP contribution in [0.25, 0.3) is 0 Å². The molecular weight excluding hydrogens is 178 g/mol. The van der Waals surface area contributed by atoms with Crippen molar-refractivity contribution in [1.29, 1.82) is 0 Å². The van der Waals surface area contributed by atoms with Crippen molar-refractivity contribution in [2.24, 2.45) is 5.73 Å². The van der Waals surface area contributed by atoms with Gasteiger partial charge in [-0.2, -0.15) is 0 Å². The van der Waals surface area contributed by atoms with Crippen LogP contribution in [-0.4, -0.2) is 11.7 Å². The highest BCUT2D eigenvalue weighted by Crippen LogP contribution is 2.19. The second kappa shape index (κ2) is 6.60. The Morgan fingerprint density at radius 2 is 2.07 bits per heavy atom. The van der Waals surface area contributed by atoms with Crippen LogP contribution < -0.4 is 5.73 Å². The molecule has 0 aliphatic rings. The maximum absolute atomic E-state index is 11.0. The summed E-state index contributed by atoms with van der Waals surface area (Å²) >= 11 is 0. The molecule has 0 amide bonds. The molecule has 0 saturated carbocycles. The van der Waals surface area contributed by atoms with Gasteiger partial charge in [-0.25, -0.2) is 4.79 Å². The Balaban J connectivity index is 4.21. The summed E-state index contributed by atoms with van der Waals surface area (Å²) in [6, 6.07) is 0. The summed E-state index contributed by atoms with van der Waals surface area (Å²) in [5, 5.41) is 0. The van der Waals surface area contributed by atoms with Gasteiger partial charge in [0.25, 0.3) is 0 Å². The quantitative estimate of drug-likeness (QED) is 0.389. The van der Waals surface area contributed by atoms with Crippen molar-refractivity contribution in [2.45, 2.75) is 51.7 Å². The molecule has 2 N–H and O–H groups in total. The third-order valence-corrected chi connectivity index (χ3v) is 2.10. The van der Waals surface area contributed by atoms with Crippen molar-refractivity contribution in [3.63, 3.8) is 0 Å². The zero-order valence-electron chi connectivity index (χ0n) is 9.21. The van der Waals surface area contributed by atoms with Crippen molar-refractivity contribution >= 4 is 5.97 Å². The van der Waals surface area contributed by atoms with Gasteiger partial charge in [-0.15, -0.1) is 0 Å². The van der Waals surface area contributed by atoms with Crippen molar-refractivity contribution in [3.05, 3.63) is 12.7 Å². The molecule has 0 aromatic rings. The van der Waals surface area contributed by atoms with Gasteiger partial charge in [0.1, 0.15) is 0 Å². The zero-order valence-corrected chi connectivity index (χ0v) is 9.21. The Kier molecular flexibility index (Phi) is 6.21. The molecule has 0 fully saturated rings. The zero-order chi connectivity index (χ0) is 11.0. The van der Waals surface area contributed by atoms with Crippen molar-refractivity contribution in [3.8, 4) is 0 Å². The highest BCUT2D eigenvalue weighted by Gasteiger charge is 2.26. The third-order valence-electron chi connectivity index (χ3n) is 2.10. The lowest BCUT2D eigenvalue weighted by Gasteiger charge is -2.28. The van der Waals surface area contributed by atoms with Crippen LogP contribution in [0, 0.1) is 0 Å². The van der Waals surface area contributed by atoms with Crippen LogP contribution in [-0.2, 0) is 9.53 Å². The number of hydrogen-bond acceptors (Lipinski definition) is 3. The van der Waals surface area contributed by atoms with Gasteiger partial charge >= 0.3 is 5.97 Å². The fourth-order valence-electron chi connectivity index (χ4n) is 1.37. The summed E-state index contributed by atoms with van der Waals surface area (Å²) in [5.74, 6) is -0.433. The number of carbonyl (C=O) groups excluding carboxylic acids is 1. The molecule has 0 aromatic heterocycles. The van der Waals surface area contributed by atoms with Crippen LogP contribution in [0.3, 0.4) is 0 Å². The molecule has 0 aromatic carbocycles. The minimum atomic E-state index is -0.796. The first-order chi connectivity index (χ1) is 6.58. The molecule has 1 unspecified atom stereocenters. The van der Waals surface area contributed by atoms with Gasteiger partial charge in [0.2, 0.25) is 0 Å². The lowest BCUT2D eigenvalue weighted by atomic mass is 10.0. The van der Waals surface area contributed by atoms with E-state index in [1.165, 1.54) is 0 Å². The van der Waals surface area contributed by atoms with Crippen LogP contribution in [0.2, 0.25) is 0 Å². The van der Waals surface area contributed by atoms with E-state index in [1.807, 2.05) is 6.92 Å². The van der Waals surface area contributed by atoms with Gasteiger partial charge in [0, 0.05) is 18.9 Å². The SMILES string of the molecule is C=CC(=O)OC(N)(CCC)CCCC. The van der Waals surface area contributed by atoms with Crippen LogP contribution >= 0.6 is 0 Å². The molecule has 0 bridgehead atoms. The monoisotopic (exact) mass is 199 g/mol. The Hall–Kier alpha value is -0.830. The molecule has 0 saturated heterocycles. The average Bonchev–Trinajstić information content (AvgIpc) is 2.15. The predicted octanol–water partition coefficient (Wildman–Crippen LogP) is 2.36. The molecule has 14 heavy (non-hydrogen) atoms. The predicted molar refractivity (Wildman–Crippen MR) is 57.6 cm³/mol. The maximum Gasteiger partial charge on any atom is 0.331 e. The Labute approximate surface area is 86.3 Å². The number of rotatable bonds is 7. The second-order valence-electron chi connectivity index (χ2n) is 3.54. The van der Waals surface area contributed by atoms with E-state index >= 15 is 0 Å². The smallest absolute Gasteiger partial charge is 0.331 e. The minimum absolute atomic E-state index is 0.433. The van der Waals surface area contributed by atoms with Crippen LogP contribution in [0.4, 0.5) is 0 Å². The standard InChI is InChI=1S/C11H21NO2/c1-4-7-9-11(12,8-5-2)14-10(13)6-3/h6H,3-5,7-9,12H2,1-2H3. The molecule has 3 heteroatoms. The van der Waals surface area contributed by atoms with Crippen LogP contribution in [0.1, 0.15) is 46.0 Å². The van der Waals surface area contributed by atoms with E-state index in [2.05, 4.69) is 13.5 Å². The molecule has 0 aliphatic carbocycles. The summed E-state index contributed by atoms with van der Waals surface area (Å²) in [7, 11) is 0. The van der Waals surface area contributed by atoms with Crippen molar-refractivity contribution in [1.82, 2.24) is 0 Å². The first-order valence-corrected chi connectivity index (χ1v) is 5.22. The number of carbonyl (C=O) groups is 1. The van der Waals surface area contributed by atoms with E-state index in [1.54, 1.807) is 0 Å². The molecular formula is C11H21NO2. The minimum Gasteiger partial charge on any atom is -0.441 e. The number of ether oxygens (including phenoxy) is 1. The van der Waals surface area contributed by atoms with E-state index < -0.39 is 11.7 Å². The first kappa shape index (κ1) is 13.2. The van der Waals surface area contributed by atoms with E-state index in [9.17, 15) is 4.79 Å². The lowest BCUT2D eigenvalue weighted by Crippen LogP contribution is -2.44. The Morgan fingerprint density at radius 3 is 2.50 bits per heavy atom. The maximum atomic E-state index is 11.0. The summed E-state index contributed by atoms with van der Waals surface area (Å²) in [6.45, 7) is 7.46. The van der Waals surface area contributed by atoms with Crippen molar-refractivity contribution < 1.29 is 9.53 Å². The molecule has 3 nitrogen and oxygen atoms in total. The molecule has 82 valence electrons.